The number of amides is 1. The SMILES string of the molecule is Cc1ccccc1-c1cc(C(O)C=C[C@H]2CCC(=O)N2CCCCCCC(=O)O)ccc1C. The average molecular weight is 450 g/mol. The largest absolute Gasteiger partial charge is 0.481 e. The van der Waals surface area contributed by atoms with Gasteiger partial charge in [0.05, 0.1) is 12.1 Å². The molecule has 0 bridgehead atoms. The molecule has 2 aromatic carbocycles. The van der Waals surface area contributed by atoms with Crippen LogP contribution in [0, 0.1) is 13.8 Å². The summed E-state index contributed by atoms with van der Waals surface area (Å²) in [6.45, 7) is 4.85. The summed E-state index contributed by atoms with van der Waals surface area (Å²) in [6.07, 6.45) is 7.87. The van der Waals surface area contributed by atoms with Gasteiger partial charge < -0.3 is 15.1 Å². The molecule has 2 N–H and O–H groups in total. The summed E-state index contributed by atoms with van der Waals surface area (Å²) in [5, 5.41) is 19.6. The number of unbranched alkanes of at least 4 members (excludes halogenated alkanes) is 3. The van der Waals surface area contributed by atoms with Gasteiger partial charge in [-0.25, -0.2) is 0 Å². The zero-order valence-electron chi connectivity index (χ0n) is 19.7. The first-order valence-corrected chi connectivity index (χ1v) is 11.9. The quantitative estimate of drug-likeness (QED) is 0.346. The fourth-order valence-electron chi connectivity index (χ4n) is 4.49. The summed E-state index contributed by atoms with van der Waals surface area (Å²) in [5.74, 6) is -0.602. The van der Waals surface area contributed by atoms with Crippen LogP contribution in [0.5, 0.6) is 0 Å². The van der Waals surface area contributed by atoms with E-state index in [4.69, 9.17) is 5.11 Å². The van der Waals surface area contributed by atoms with Crippen LogP contribution >= 0.6 is 0 Å². The Morgan fingerprint density at radius 1 is 1.06 bits per heavy atom. The number of hydrogen-bond donors (Lipinski definition) is 2. The summed E-state index contributed by atoms with van der Waals surface area (Å²) < 4.78 is 0. The van der Waals surface area contributed by atoms with Crippen molar-refractivity contribution in [3.63, 3.8) is 0 Å². The maximum atomic E-state index is 12.3. The Balaban J connectivity index is 1.61. The van der Waals surface area contributed by atoms with Gasteiger partial charge in [0.15, 0.2) is 0 Å². The molecule has 2 aromatic rings. The summed E-state index contributed by atoms with van der Waals surface area (Å²) in [6, 6.07) is 14.3. The Kier molecular flexibility index (Phi) is 8.84. The normalized spacial score (nSPS) is 17.1. The number of carboxylic acids is 1. The van der Waals surface area contributed by atoms with Gasteiger partial charge in [-0.05, 0) is 67.0 Å². The van der Waals surface area contributed by atoms with E-state index in [1.807, 2.05) is 35.2 Å². The highest BCUT2D eigenvalue weighted by Crippen LogP contribution is 2.30. The number of aliphatic hydroxyl groups is 1. The molecular formula is C28H35NO4. The van der Waals surface area contributed by atoms with E-state index < -0.39 is 12.1 Å². The number of aliphatic carboxylic acids is 1. The molecule has 1 aliphatic heterocycles. The third-order valence-corrected chi connectivity index (χ3v) is 6.47. The highest BCUT2D eigenvalue weighted by atomic mass is 16.4. The summed E-state index contributed by atoms with van der Waals surface area (Å²) in [5.41, 5.74) is 5.50. The number of carbonyl (C=O) groups excluding carboxylic acids is 1. The van der Waals surface area contributed by atoms with Crippen LogP contribution in [-0.2, 0) is 9.59 Å². The van der Waals surface area contributed by atoms with Crippen molar-refractivity contribution in [2.45, 2.75) is 70.9 Å². The van der Waals surface area contributed by atoms with E-state index in [2.05, 4.69) is 32.0 Å². The smallest absolute Gasteiger partial charge is 0.303 e. The van der Waals surface area contributed by atoms with Crippen molar-refractivity contribution in [3.05, 3.63) is 71.3 Å². The predicted molar refractivity (Wildman–Crippen MR) is 131 cm³/mol. The van der Waals surface area contributed by atoms with E-state index >= 15 is 0 Å². The molecule has 0 aromatic heterocycles. The van der Waals surface area contributed by atoms with Crippen molar-refractivity contribution in [2.24, 2.45) is 0 Å². The molecule has 0 aliphatic carbocycles. The molecule has 5 nitrogen and oxygen atoms in total. The van der Waals surface area contributed by atoms with Crippen molar-refractivity contribution in [2.75, 3.05) is 6.54 Å². The molecular weight excluding hydrogens is 414 g/mol. The zero-order chi connectivity index (χ0) is 23.8. The number of rotatable bonds is 11. The molecule has 5 heteroatoms. The summed E-state index contributed by atoms with van der Waals surface area (Å²) in [4.78, 5) is 24.8. The molecule has 2 atom stereocenters. The van der Waals surface area contributed by atoms with Gasteiger partial charge in [-0.15, -0.1) is 0 Å². The van der Waals surface area contributed by atoms with Crippen molar-refractivity contribution in [1.29, 1.82) is 0 Å². The average Bonchev–Trinajstić information content (AvgIpc) is 3.14. The third-order valence-electron chi connectivity index (χ3n) is 6.47. The Bertz CT molecular complexity index is 997. The highest BCUT2D eigenvalue weighted by Gasteiger charge is 2.28. The molecule has 1 amide bonds. The Labute approximate surface area is 196 Å². The minimum Gasteiger partial charge on any atom is -0.481 e. The molecule has 1 heterocycles. The van der Waals surface area contributed by atoms with Crippen LogP contribution in [-0.4, -0.2) is 39.6 Å². The fraction of sp³-hybridized carbons (Fsp3) is 0.429. The minimum atomic E-state index is -0.756. The molecule has 0 spiro atoms. The van der Waals surface area contributed by atoms with Crippen molar-refractivity contribution in [3.8, 4) is 11.1 Å². The lowest BCUT2D eigenvalue weighted by molar-refractivity contribution is -0.137. The fourth-order valence-corrected chi connectivity index (χ4v) is 4.49. The standard InChI is InChI=1S/C28H35NO4/c1-20-9-6-7-10-24(20)25-19-22(13-12-21(25)2)26(30)16-14-23-15-17-27(31)29(23)18-8-4-3-5-11-28(32)33/h6-7,9-10,12-14,16,19,23,26,30H,3-5,8,11,15,17-18H2,1-2H3,(H,32,33)/t23-,26?/m0/s1. The highest BCUT2D eigenvalue weighted by molar-refractivity contribution is 5.79. The lowest BCUT2D eigenvalue weighted by atomic mass is 9.93. The van der Waals surface area contributed by atoms with Gasteiger partial charge in [0, 0.05) is 19.4 Å². The van der Waals surface area contributed by atoms with E-state index in [0.717, 1.165) is 36.8 Å². The van der Waals surface area contributed by atoms with Crippen LogP contribution in [0.25, 0.3) is 11.1 Å². The van der Waals surface area contributed by atoms with Crippen LogP contribution in [0.4, 0.5) is 0 Å². The monoisotopic (exact) mass is 449 g/mol. The number of carbonyl (C=O) groups is 2. The molecule has 3 rings (SSSR count). The van der Waals surface area contributed by atoms with Crippen LogP contribution in [0.2, 0.25) is 0 Å². The molecule has 0 saturated carbocycles. The second-order valence-corrected chi connectivity index (χ2v) is 8.97. The number of nitrogens with zero attached hydrogens (tertiary/aromatic N) is 1. The summed E-state index contributed by atoms with van der Waals surface area (Å²) >= 11 is 0. The van der Waals surface area contributed by atoms with E-state index in [1.165, 1.54) is 16.7 Å². The third kappa shape index (κ3) is 6.78. The van der Waals surface area contributed by atoms with Crippen molar-refractivity contribution in [1.82, 2.24) is 4.90 Å². The molecule has 176 valence electrons. The topological polar surface area (TPSA) is 77.8 Å². The van der Waals surface area contributed by atoms with Gasteiger partial charge in [-0.2, -0.15) is 0 Å². The van der Waals surface area contributed by atoms with Crippen molar-refractivity contribution < 1.29 is 19.8 Å². The van der Waals surface area contributed by atoms with E-state index in [-0.39, 0.29) is 18.4 Å². The van der Waals surface area contributed by atoms with Crippen LogP contribution < -0.4 is 0 Å². The Morgan fingerprint density at radius 3 is 2.55 bits per heavy atom. The van der Waals surface area contributed by atoms with Gasteiger partial charge in [0.25, 0.3) is 0 Å². The van der Waals surface area contributed by atoms with Gasteiger partial charge in [0.1, 0.15) is 0 Å². The van der Waals surface area contributed by atoms with E-state index in [9.17, 15) is 14.7 Å². The lowest BCUT2D eigenvalue weighted by Gasteiger charge is -2.23. The molecule has 0 radical (unpaired) electrons. The van der Waals surface area contributed by atoms with Crippen molar-refractivity contribution >= 4 is 11.9 Å². The number of aliphatic hydroxyl groups excluding tert-OH is 1. The summed E-state index contributed by atoms with van der Waals surface area (Å²) in [7, 11) is 0. The van der Waals surface area contributed by atoms with Crippen LogP contribution in [0.15, 0.2) is 54.6 Å². The number of likely N-dealkylation sites (tertiary alicyclic amines) is 1. The second-order valence-electron chi connectivity index (χ2n) is 8.97. The molecule has 1 unspecified atom stereocenters. The first-order chi connectivity index (χ1) is 15.9. The second kappa shape index (κ2) is 11.8. The molecule has 1 saturated heterocycles. The molecule has 1 aliphatic rings. The van der Waals surface area contributed by atoms with Crippen LogP contribution in [0.3, 0.4) is 0 Å². The molecule has 33 heavy (non-hydrogen) atoms. The van der Waals surface area contributed by atoms with Gasteiger partial charge in [-0.3, -0.25) is 9.59 Å². The minimum absolute atomic E-state index is 0.00690. The maximum absolute atomic E-state index is 12.3. The number of hydrogen-bond acceptors (Lipinski definition) is 3. The Hall–Kier alpha value is -2.92. The van der Waals surface area contributed by atoms with E-state index in [1.54, 1.807) is 6.08 Å². The number of carboxylic acid groups (broad SMARTS) is 1. The first-order valence-electron chi connectivity index (χ1n) is 11.9. The van der Waals surface area contributed by atoms with Gasteiger partial charge >= 0.3 is 5.97 Å². The van der Waals surface area contributed by atoms with Gasteiger partial charge in [0.2, 0.25) is 5.91 Å². The molecule has 1 fully saturated rings. The predicted octanol–water partition coefficient (Wildman–Crippen LogP) is 5.59. The van der Waals surface area contributed by atoms with E-state index in [0.29, 0.717) is 19.4 Å². The van der Waals surface area contributed by atoms with Gasteiger partial charge in [-0.1, -0.05) is 61.4 Å². The number of aryl methyl sites for hydroxylation is 2. The van der Waals surface area contributed by atoms with Crippen LogP contribution in [0.1, 0.15) is 67.7 Å². The lowest BCUT2D eigenvalue weighted by Crippen LogP contribution is -2.32. The first kappa shape index (κ1) is 24.7. The number of benzene rings is 2. The Morgan fingerprint density at radius 2 is 1.79 bits per heavy atom. The maximum Gasteiger partial charge on any atom is 0.303 e. The zero-order valence-corrected chi connectivity index (χ0v) is 19.7.